The van der Waals surface area contributed by atoms with Crippen LogP contribution in [-0.2, 0) is 63.9 Å². The van der Waals surface area contributed by atoms with Crippen molar-refractivity contribution < 1.29 is 80.6 Å². The van der Waals surface area contributed by atoms with Crippen molar-refractivity contribution in [3.8, 4) is 0 Å². The Kier molecular flexibility index (Phi) is 15.7. The molecule has 1 aromatic carbocycles. The minimum absolute atomic E-state index is 0.296. The van der Waals surface area contributed by atoms with E-state index < -0.39 is 104 Å². The second kappa shape index (κ2) is 18.4. The number of amides is 2. The molecule has 2 rings (SSSR count). The Labute approximate surface area is 265 Å². The maximum Gasteiger partial charge on any atom is 0.471 e. The number of rotatable bonds is 12. The largest absolute Gasteiger partial charge is 0.481 e. The number of carbonyl (C=O) groups excluding carboxylic acids is 6. The van der Waals surface area contributed by atoms with Gasteiger partial charge in [0.1, 0.15) is 25.4 Å². The minimum atomic E-state index is -5.28. The van der Waals surface area contributed by atoms with Crippen molar-refractivity contribution >= 4 is 41.7 Å². The number of aliphatic carboxylic acids is 1. The first-order valence-electron chi connectivity index (χ1n) is 13.7. The molecular formula is C28H35F3N2O14. The number of alkyl halides is 3. The maximum absolute atomic E-state index is 13.0. The quantitative estimate of drug-likeness (QED) is 0.172. The highest BCUT2D eigenvalue weighted by atomic mass is 19.4. The van der Waals surface area contributed by atoms with E-state index in [0.29, 0.717) is 5.56 Å². The number of hydrogen-bond donors (Lipinski definition) is 4. The number of carboxylic acids is 1. The Morgan fingerprint density at radius 2 is 1.57 bits per heavy atom. The van der Waals surface area contributed by atoms with Crippen molar-refractivity contribution in [2.45, 2.75) is 83.5 Å². The van der Waals surface area contributed by atoms with E-state index in [2.05, 4.69) is 5.32 Å². The fourth-order valence-electron chi connectivity index (χ4n) is 4.04. The lowest BCUT2D eigenvalue weighted by atomic mass is 9.89. The molecule has 5 atom stereocenters. The van der Waals surface area contributed by atoms with Crippen LogP contribution in [0, 0.1) is 0 Å². The number of carboxylic acid groups (broad SMARTS) is 1. The summed E-state index contributed by atoms with van der Waals surface area (Å²) >= 11 is 0. The first-order valence-corrected chi connectivity index (χ1v) is 13.7. The second-order valence-electron chi connectivity index (χ2n) is 9.92. The van der Waals surface area contributed by atoms with E-state index in [4.69, 9.17) is 33.6 Å². The van der Waals surface area contributed by atoms with Crippen molar-refractivity contribution in [1.82, 2.24) is 10.6 Å². The Balaban J connectivity index is 0.00000260. The van der Waals surface area contributed by atoms with Crippen LogP contribution in [0.1, 0.15) is 46.1 Å². The number of halogens is 3. The van der Waals surface area contributed by atoms with Gasteiger partial charge in [-0.1, -0.05) is 30.3 Å². The summed E-state index contributed by atoms with van der Waals surface area (Å²) in [4.78, 5) is 80.7. The summed E-state index contributed by atoms with van der Waals surface area (Å²) in [5.41, 5.74) is 0.547. The molecule has 4 N–H and O–H groups in total. The SMILES string of the molecule is CC(=O)O.CC(=O)OCC(CC1OC(O)(C(=O)OCc2ccccc2)C[C@@H](OC(C)=O)C1NC(=O)CNC(=O)C(F)(F)F)OC(C)=O. The van der Waals surface area contributed by atoms with Gasteiger partial charge in [-0.15, -0.1) is 0 Å². The molecule has 0 spiro atoms. The van der Waals surface area contributed by atoms with Crippen LogP contribution in [0.15, 0.2) is 30.3 Å². The fourth-order valence-corrected chi connectivity index (χ4v) is 4.04. The van der Waals surface area contributed by atoms with Crippen molar-refractivity contribution in [3.63, 3.8) is 0 Å². The molecule has 1 aliphatic heterocycles. The summed E-state index contributed by atoms with van der Waals surface area (Å²) in [6.07, 6.45) is -11.0. The minimum Gasteiger partial charge on any atom is -0.481 e. The van der Waals surface area contributed by atoms with Gasteiger partial charge in [-0.3, -0.25) is 28.8 Å². The fraction of sp³-hybridized carbons (Fsp3) is 0.536. The molecule has 0 saturated carbocycles. The normalized spacial score (nSPS) is 21.0. The molecule has 1 heterocycles. The zero-order valence-corrected chi connectivity index (χ0v) is 25.7. The Bertz CT molecular complexity index is 1270. The molecule has 0 aromatic heterocycles. The summed E-state index contributed by atoms with van der Waals surface area (Å²) in [6, 6.07) is 6.83. The number of hydrogen-bond acceptors (Lipinski definition) is 13. The van der Waals surface area contributed by atoms with E-state index >= 15 is 0 Å². The maximum atomic E-state index is 13.0. The van der Waals surface area contributed by atoms with Crippen molar-refractivity contribution in [1.29, 1.82) is 0 Å². The topological polar surface area (TPSA) is 230 Å². The summed E-state index contributed by atoms with van der Waals surface area (Å²) < 4.78 is 63.7. The van der Waals surface area contributed by atoms with Gasteiger partial charge in [0.15, 0.2) is 0 Å². The van der Waals surface area contributed by atoms with Crippen LogP contribution in [0.25, 0.3) is 0 Å². The third-order valence-electron chi connectivity index (χ3n) is 5.77. The van der Waals surface area contributed by atoms with Gasteiger partial charge in [0.2, 0.25) is 5.91 Å². The van der Waals surface area contributed by atoms with Crippen LogP contribution in [-0.4, -0.2) is 101 Å². The molecular weight excluding hydrogens is 645 g/mol. The smallest absolute Gasteiger partial charge is 0.471 e. The average Bonchev–Trinajstić information content (AvgIpc) is 2.94. The third-order valence-corrected chi connectivity index (χ3v) is 5.77. The predicted octanol–water partition coefficient (Wildman–Crippen LogP) is 0.278. The van der Waals surface area contributed by atoms with Gasteiger partial charge in [0.25, 0.3) is 11.8 Å². The summed E-state index contributed by atoms with van der Waals surface area (Å²) in [5, 5.41) is 22.3. The third kappa shape index (κ3) is 15.4. The van der Waals surface area contributed by atoms with Gasteiger partial charge in [0, 0.05) is 34.1 Å². The van der Waals surface area contributed by atoms with Gasteiger partial charge in [-0.2, -0.15) is 13.2 Å². The molecule has 16 nitrogen and oxygen atoms in total. The van der Waals surface area contributed by atoms with Crippen LogP contribution in [0.5, 0.6) is 0 Å². The number of aliphatic hydroxyl groups is 1. The van der Waals surface area contributed by atoms with Crippen LogP contribution < -0.4 is 10.6 Å². The molecule has 2 amide bonds. The molecule has 19 heteroatoms. The Morgan fingerprint density at radius 3 is 2.09 bits per heavy atom. The monoisotopic (exact) mass is 680 g/mol. The predicted molar refractivity (Wildman–Crippen MR) is 147 cm³/mol. The lowest BCUT2D eigenvalue weighted by Gasteiger charge is -2.44. The first kappa shape index (κ1) is 40.2. The highest BCUT2D eigenvalue weighted by Gasteiger charge is 2.54. The zero-order valence-electron chi connectivity index (χ0n) is 25.7. The van der Waals surface area contributed by atoms with Crippen molar-refractivity contribution in [3.05, 3.63) is 35.9 Å². The number of carbonyl (C=O) groups is 7. The van der Waals surface area contributed by atoms with E-state index in [9.17, 15) is 47.0 Å². The molecule has 0 aliphatic carbocycles. The first-order chi connectivity index (χ1) is 21.7. The molecule has 1 aliphatic rings. The van der Waals surface area contributed by atoms with Crippen molar-refractivity contribution in [2.75, 3.05) is 13.2 Å². The van der Waals surface area contributed by atoms with Gasteiger partial charge >= 0.3 is 36.0 Å². The van der Waals surface area contributed by atoms with Crippen molar-refractivity contribution in [2.24, 2.45) is 0 Å². The van der Waals surface area contributed by atoms with E-state index in [0.717, 1.165) is 27.7 Å². The lowest BCUT2D eigenvalue weighted by Crippen LogP contribution is -2.65. The number of nitrogens with one attached hydrogen (secondary N) is 2. The van der Waals surface area contributed by atoms with E-state index in [-0.39, 0.29) is 6.61 Å². The van der Waals surface area contributed by atoms with Gasteiger partial charge in [-0.05, 0) is 5.56 Å². The van der Waals surface area contributed by atoms with Crippen LogP contribution in [0.4, 0.5) is 13.2 Å². The van der Waals surface area contributed by atoms with E-state index in [1.165, 1.54) is 5.32 Å². The van der Waals surface area contributed by atoms with Gasteiger partial charge < -0.3 is 44.5 Å². The molecule has 1 fully saturated rings. The van der Waals surface area contributed by atoms with Crippen LogP contribution in [0.3, 0.4) is 0 Å². The zero-order chi connectivity index (χ0) is 35.9. The number of esters is 4. The highest BCUT2D eigenvalue weighted by molar-refractivity contribution is 5.87. The number of benzene rings is 1. The highest BCUT2D eigenvalue weighted by Crippen LogP contribution is 2.33. The second-order valence-corrected chi connectivity index (χ2v) is 9.92. The molecule has 262 valence electrons. The van der Waals surface area contributed by atoms with Gasteiger partial charge in [0.05, 0.1) is 25.1 Å². The molecule has 0 radical (unpaired) electrons. The summed E-state index contributed by atoms with van der Waals surface area (Å²) in [5.74, 6) is -11.1. The lowest BCUT2D eigenvalue weighted by molar-refractivity contribution is -0.285. The summed E-state index contributed by atoms with van der Waals surface area (Å²) in [6.45, 7) is 2.16. The molecule has 0 bridgehead atoms. The molecule has 47 heavy (non-hydrogen) atoms. The standard InChI is InChI=1S/C26H31F3N2O12.C2H4O2/c1-14(32)39-13-18(41-15(2)33)9-19-22(31-21(35)11-30-23(36)26(27,28)29)20(42-16(3)34)10-25(38,43-19)24(37)40-12-17-7-5-4-6-8-17;1-2(3)4/h4-8,18-20,22,38H,9-13H2,1-3H3,(H,30,36)(H,31,35);1H3,(H,3,4)/t18?,19?,20-,22?,25?;/m1./s1. The Morgan fingerprint density at radius 1 is 0.979 bits per heavy atom. The number of ether oxygens (including phenoxy) is 5. The molecule has 4 unspecified atom stereocenters. The van der Waals surface area contributed by atoms with Crippen LogP contribution >= 0.6 is 0 Å². The average molecular weight is 681 g/mol. The summed E-state index contributed by atoms with van der Waals surface area (Å²) in [7, 11) is 0. The van der Waals surface area contributed by atoms with E-state index in [1.807, 2.05) is 0 Å². The molecule has 1 aromatic rings. The van der Waals surface area contributed by atoms with Crippen LogP contribution in [0.2, 0.25) is 0 Å². The Hall–Kier alpha value is -4.78. The van der Waals surface area contributed by atoms with E-state index in [1.54, 1.807) is 30.3 Å². The molecule has 1 saturated heterocycles. The van der Waals surface area contributed by atoms with Gasteiger partial charge in [-0.25, -0.2) is 4.79 Å².